The van der Waals surface area contributed by atoms with Gasteiger partial charge in [-0.2, -0.15) is 0 Å². The molecule has 2 aromatic rings. The van der Waals surface area contributed by atoms with E-state index in [2.05, 4.69) is 64.1 Å². The number of hydrogen-bond donors (Lipinski definition) is 0. The molecule has 0 atom stereocenters. The van der Waals surface area contributed by atoms with Gasteiger partial charge < -0.3 is 0 Å². The van der Waals surface area contributed by atoms with Crippen LogP contribution in [0, 0.1) is 13.8 Å². The molecule has 0 spiro atoms. The Balaban J connectivity index is 2.39. The highest BCUT2D eigenvalue weighted by molar-refractivity contribution is 5.81. The molecule has 2 aromatic carbocycles. The van der Waals surface area contributed by atoms with Gasteiger partial charge in [0.25, 0.3) is 0 Å². The highest BCUT2D eigenvalue weighted by Crippen LogP contribution is 2.52. The average molecular weight is 250 g/mol. The zero-order valence-corrected chi connectivity index (χ0v) is 12.4. The van der Waals surface area contributed by atoms with Crippen molar-refractivity contribution in [2.45, 2.75) is 46.0 Å². The normalized spacial score (nSPS) is 15.2. The van der Waals surface area contributed by atoms with Crippen molar-refractivity contribution in [1.82, 2.24) is 0 Å². The fraction of sp³-hybridized carbons (Fsp3) is 0.368. The molecule has 0 aromatic heterocycles. The maximum Gasteiger partial charge on any atom is 0.0210 e. The van der Waals surface area contributed by atoms with Crippen LogP contribution < -0.4 is 0 Å². The molecular formula is C19H22. The third kappa shape index (κ3) is 1.59. The van der Waals surface area contributed by atoms with Crippen LogP contribution in [0.15, 0.2) is 36.4 Å². The molecule has 0 radical (unpaired) electrons. The minimum Gasteiger partial charge on any atom is -0.0642 e. The van der Waals surface area contributed by atoms with Gasteiger partial charge >= 0.3 is 0 Å². The predicted octanol–water partition coefficient (Wildman–Crippen LogP) is 5.39. The molecule has 0 N–H and O–H groups in total. The third-order valence-corrected chi connectivity index (χ3v) is 4.88. The summed E-state index contributed by atoms with van der Waals surface area (Å²) < 4.78 is 0. The SMILES string of the molecule is CCC1(CC)c2ccc(C)cc2-c2cc(C)ccc21. The number of rotatable bonds is 2. The second-order valence-electron chi connectivity index (χ2n) is 5.89. The van der Waals surface area contributed by atoms with E-state index in [4.69, 9.17) is 0 Å². The van der Waals surface area contributed by atoms with Crippen molar-refractivity contribution in [2.24, 2.45) is 0 Å². The fourth-order valence-electron chi connectivity index (χ4n) is 3.75. The Kier molecular flexibility index (Phi) is 2.78. The highest BCUT2D eigenvalue weighted by Gasteiger charge is 2.40. The Bertz CT molecular complexity index is 577. The first kappa shape index (κ1) is 12.5. The van der Waals surface area contributed by atoms with E-state index in [1.54, 1.807) is 0 Å². The van der Waals surface area contributed by atoms with Crippen LogP contribution in [-0.2, 0) is 5.41 Å². The van der Waals surface area contributed by atoms with E-state index in [1.807, 2.05) is 0 Å². The Morgan fingerprint density at radius 3 is 1.53 bits per heavy atom. The Hall–Kier alpha value is -1.56. The average Bonchev–Trinajstić information content (AvgIpc) is 2.68. The summed E-state index contributed by atoms with van der Waals surface area (Å²) in [5, 5.41) is 0. The summed E-state index contributed by atoms with van der Waals surface area (Å²) >= 11 is 0. The Labute approximate surface area is 116 Å². The first-order valence-corrected chi connectivity index (χ1v) is 7.35. The van der Waals surface area contributed by atoms with E-state index >= 15 is 0 Å². The quantitative estimate of drug-likeness (QED) is 0.670. The number of fused-ring (bicyclic) bond motifs is 3. The molecule has 98 valence electrons. The lowest BCUT2D eigenvalue weighted by molar-refractivity contribution is 0.490. The largest absolute Gasteiger partial charge is 0.0642 e. The van der Waals surface area contributed by atoms with Crippen LogP contribution in [0.2, 0.25) is 0 Å². The zero-order chi connectivity index (χ0) is 13.6. The summed E-state index contributed by atoms with van der Waals surface area (Å²) in [4.78, 5) is 0. The van der Waals surface area contributed by atoms with Crippen molar-refractivity contribution in [3.63, 3.8) is 0 Å². The van der Waals surface area contributed by atoms with E-state index in [1.165, 1.54) is 46.2 Å². The topological polar surface area (TPSA) is 0 Å². The van der Waals surface area contributed by atoms with Crippen LogP contribution >= 0.6 is 0 Å². The van der Waals surface area contributed by atoms with Crippen LogP contribution in [0.1, 0.15) is 48.9 Å². The first-order valence-electron chi connectivity index (χ1n) is 7.35. The van der Waals surface area contributed by atoms with Crippen LogP contribution in [0.4, 0.5) is 0 Å². The van der Waals surface area contributed by atoms with Gasteiger partial charge in [-0.25, -0.2) is 0 Å². The van der Waals surface area contributed by atoms with Gasteiger partial charge in [-0.15, -0.1) is 0 Å². The molecule has 1 aliphatic carbocycles. The van der Waals surface area contributed by atoms with E-state index < -0.39 is 0 Å². The molecular weight excluding hydrogens is 228 g/mol. The van der Waals surface area contributed by atoms with E-state index in [-0.39, 0.29) is 5.41 Å². The minimum atomic E-state index is 0.228. The van der Waals surface area contributed by atoms with Gasteiger partial charge in [0.05, 0.1) is 0 Å². The highest BCUT2D eigenvalue weighted by atomic mass is 14.4. The predicted molar refractivity (Wildman–Crippen MR) is 82.7 cm³/mol. The molecule has 0 aliphatic heterocycles. The van der Waals surface area contributed by atoms with Gasteiger partial charge in [0, 0.05) is 5.41 Å². The van der Waals surface area contributed by atoms with Crippen molar-refractivity contribution >= 4 is 0 Å². The smallest absolute Gasteiger partial charge is 0.0210 e. The van der Waals surface area contributed by atoms with Gasteiger partial charge in [-0.05, 0) is 48.9 Å². The zero-order valence-electron chi connectivity index (χ0n) is 12.4. The van der Waals surface area contributed by atoms with Gasteiger partial charge in [-0.1, -0.05) is 61.4 Å². The van der Waals surface area contributed by atoms with E-state index in [0.29, 0.717) is 0 Å². The summed E-state index contributed by atoms with van der Waals surface area (Å²) in [5.74, 6) is 0. The van der Waals surface area contributed by atoms with E-state index in [0.717, 1.165) is 0 Å². The van der Waals surface area contributed by atoms with Gasteiger partial charge in [0.15, 0.2) is 0 Å². The molecule has 0 heterocycles. The molecule has 0 bridgehead atoms. The summed E-state index contributed by atoms with van der Waals surface area (Å²) in [7, 11) is 0. The van der Waals surface area contributed by atoms with Gasteiger partial charge in [-0.3, -0.25) is 0 Å². The number of benzene rings is 2. The van der Waals surface area contributed by atoms with Crippen molar-refractivity contribution in [1.29, 1.82) is 0 Å². The van der Waals surface area contributed by atoms with Crippen molar-refractivity contribution in [3.05, 3.63) is 58.7 Å². The Morgan fingerprint density at radius 2 is 1.16 bits per heavy atom. The molecule has 0 nitrogen and oxygen atoms in total. The molecule has 0 saturated carbocycles. The number of aryl methyl sites for hydroxylation is 2. The van der Waals surface area contributed by atoms with Gasteiger partial charge in [0.2, 0.25) is 0 Å². The first-order chi connectivity index (χ1) is 9.12. The standard InChI is InChI=1S/C19H22/c1-5-19(6-2)17-9-7-13(3)11-15(17)16-12-14(4)8-10-18(16)19/h7-12H,5-6H2,1-4H3. The van der Waals surface area contributed by atoms with Crippen LogP contribution in [0.3, 0.4) is 0 Å². The molecule has 0 saturated heterocycles. The monoisotopic (exact) mass is 250 g/mol. The van der Waals surface area contributed by atoms with Crippen molar-refractivity contribution in [2.75, 3.05) is 0 Å². The summed E-state index contributed by atoms with van der Waals surface area (Å²) in [6, 6.07) is 14.0. The lowest BCUT2D eigenvalue weighted by atomic mass is 9.74. The van der Waals surface area contributed by atoms with Crippen LogP contribution in [-0.4, -0.2) is 0 Å². The molecule has 0 fully saturated rings. The van der Waals surface area contributed by atoms with Crippen LogP contribution in [0.25, 0.3) is 11.1 Å². The van der Waals surface area contributed by atoms with E-state index in [9.17, 15) is 0 Å². The third-order valence-electron chi connectivity index (χ3n) is 4.88. The van der Waals surface area contributed by atoms with Crippen LogP contribution in [0.5, 0.6) is 0 Å². The second kappa shape index (κ2) is 4.23. The van der Waals surface area contributed by atoms with Crippen molar-refractivity contribution < 1.29 is 0 Å². The fourth-order valence-corrected chi connectivity index (χ4v) is 3.75. The molecule has 0 amide bonds. The molecule has 0 unspecified atom stereocenters. The molecule has 1 aliphatic rings. The second-order valence-corrected chi connectivity index (χ2v) is 5.89. The van der Waals surface area contributed by atoms with Crippen molar-refractivity contribution in [3.8, 4) is 11.1 Å². The molecule has 19 heavy (non-hydrogen) atoms. The summed E-state index contributed by atoms with van der Waals surface area (Å²) in [5.41, 5.74) is 8.92. The maximum atomic E-state index is 2.36. The maximum absolute atomic E-state index is 2.36. The lowest BCUT2D eigenvalue weighted by Gasteiger charge is -2.29. The van der Waals surface area contributed by atoms with Gasteiger partial charge in [0.1, 0.15) is 0 Å². The number of hydrogen-bond acceptors (Lipinski definition) is 0. The minimum absolute atomic E-state index is 0.228. The molecule has 3 rings (SSSR count). The summed E-state index contributed by atoms with van der Waals surface area (Å²) in [6.45, 7) is 9.02. The lowest BCUT2D eigenvalue weighted by Crippen LogP contribution is -2.22. The molecule has 0 heteroatoms. The summed E-state index contributed by atoms with van der Waals surface area (Å²) in [6.07, 6.45) is 2.35. The Morgan fingerprint density at radius 1 is 0.737 bits per heavy atom.